The summed E-state index contributed by atoms with van der Waals surface area (Å²) in [5.41, 5.74) is 11.1. The fourth-order valence-electron chi connectivity index (χ4n) is 7.16. The molecule has 0 radical (unpaired) electrons. The summed E-state index contributed by atoms with van der Waals surface area (Å²) in [6.45, 7) is 1.09. The van der Waals surface area contributed by atoms with Gasteiger partial charge in [-0.25, -0.2) is 4.79 Å². The highest BCUT2D eigenvalue weighted by molar-refractivity contribution is 5.99. The Bertz CT molecular complexity index is 2340. The molecule has 9 amide bonds. The Kier molecular flexibility index (Phi) is 31.1. The van der Waals surface area contributed by atoms with Gasteiger partial charge in [-0.1, -0.05) is 44.2 Å². The minimum Gasteiger partial charge on any atom is -0.481 e. The van der Waals surface area contributed by atoms with Crippen LogP contribution in [0, 0.1) is 11.3 Å². The van der Waals surface area contributed by atoms with E-state index in [1.54, 1.807) is 30.3 Å². The van der Waals surface area contributed by atoms with Crippen LogP contribution >= 0.6 is 0 Å². The molecule has 1 aromatic rings. The van der Waals surface area contributed by atoms with Crippen molar-refractivity contribution in [3.8, 4) is 0 Å². The second-order valence-corrected chi connectivity index (χ2v) is 18.3. The van der Waals surface area contributed by atoms with E-state index in [0.29, 0.717) is 5.56 Å². The molecular weight excluding hydrogens is 1070 g/mol. The number of carboxylic acids is 4. The first-order valence-electron chi connectivity index (χ1n) is 24.9. The van der Waals surface area contributed by atoms with Crippen molar-refractivity contribution in [2.75, 3.05) is 26.3 Å². The molecule has 33 nitrogen and oxygen atoms in total. The lowest BCUT2D eigenvalue weighted by Gasteiger charge is -2.29. The van der Waals surface area contributed by atoms with Crippen LogP contribution in [0.15, 0.2) is 30.3 Å². The van der Waals surface area contributed by atoms with Crippen molar-refractivity contribution in [3.05, 3.63) is 35.9 Å². The van der Waals surface area contributed by atoms with Crippen LogP contribution in [0.25, 0.3) is 0 Å². The number of carboxylic acid groups (broad SMARTS) is 4. The van der Waals surface area contributed by atoms with E-state index in [9.17, 15) is 98.1 Å². The van der Waals surface area contributed by atoms with Crippen molar-refractivity contribution in [2.24, 2.45) is 17.4 Å². The predicted molar refractivity (Wildman–Crippen MR) is 275 cm³/mol. The molecule has 0 bridgehead atoms. The largest absolute Gasteiger partial charge is 0.481 e. The number of aliphatic carboxylic acids is 4. The molecule has 0 unspecified atom stereocenters. The van der Waals surface area contributed by atoms with Gasteiger partial charge >= 0.3 is 23.9 Å². The maximum absolute atomic E-state index is 14.0. The molecule has 22 N–H and O–H groups in total. The summed E-state index contributed by atoms with van der Waals surface area (Å²) in [6, 6.07) is -7.61. The Balaban J connectivity index is 3.39. The number of carbonyl (C=O) groups is 13. The maximum atomic E-state index is 14.0. The molecule has 0 saturated heterocycles. The van der Waals surface area contributed by atoms with Crippen molar-refractivity contribution in [3.63, 3.8) is 0 Å². The van der Waals surface area contributed by atoms with Gasteiger partial charge in [0.15, 0.2) is 5.96 Å². The van der Waals surface area contributed by atoms with Gasteiger partial charge in [0, 0.05) is 32.2 Å². The number of carbonyl (C=O) groups excluding carboxylic acids is 9. The summed E-state index contributed by atoms with van der Waals surface area (Å²) in [4.78, 5) is 167. The Morgan fingerprint density at radius 2 is 0.875 bits per heavy atom. The molecule has 10 atom stereocenters. The molecule has 0 aliphatic heterocycles. The molecule has 0 aromatic heterocycles. The first-order chi connectivity index (χ1) is 37.5. The third-order valence-electron chi connectivity index (χ3n) is 11.5. The zero-order valence-electron chi connectivity index (χ0n) is 44.0. The van der Waals surface area contributed by atoms with Gasteiger partial charge in [-0.2, -0.15) is 0 Å². The van der Waals surface area contributed by atoms with Crippen LogP contribution in [-0.2, 0) is 68.7 Å². The van der Waals surface area contributed by atoms with Crippen molar-refractivity contribution in [1.82, 2.24) is 53.2 Å². The maximum Gasteiger partial charge on any atom is 0.326 e. The monoisotopic (exact) mass is 1140 g/mol. The van der Waals surface area contributed by atoms with Gasteiger partial charge in [0.2, 0.25) is 53.2 Å². The number of aliphatic hydroxyl groups excluding tert-OH is 3. The van der Waals surface area contributed by atoms with Crippen molar-refractivity contribution >= 4 is 83.0 Å². The SMILES string of the molecule is CC(C)[C@H](NC(=O)[C@H](Cc1ccccc1)NC(=O)[C@H](CCC(=O)O)NC(=O)CN)C(=O)N[C@@H](CO)C(=O)N[C@@H](CCC(=O)O)C(=O)N[C@H](C(=O)N[C@@H](CCC(=O)O)C(=O)N[C@@H](CO)C(=O)N[C@@H](CCCNC(=N)N)C(=O)O)[C@@H](C)O. The first-order valence-corrected chi connectivity index (χ1v) is 24.9. The van der Waals surface area contributed by atoms with Gasteiger partial charge < -0.3 is 100 Å². The summed E-state index contributed by atoms with van der Waals surface area (Å²) in [7, 11) is 0. The van der Waals surface area contributed by atoms with Gasteiger partial charge in [0.1, 0.15) is 54.4 Å². The van der Waals surface area contributed by atoms with Gasteiger partial charge in [-0.3, -0.25) is 62.9 Å². The highest BCUT2D eigenvalue weighted by Crippen LogP contribution is 2.11. The highest BCUT2D eigenvalue weighted by Gasteiger charge is 2.37. The van der Waals surface area contributed by atoms with Crippen LogP contribution in [-0.4, -0.2) is 206 Å². The van der Waals surface area contributed by atoms with Crippen LogP contribution < -0.4 is 64.6 Å². The number of guanidine groups is 1. The van der Waals surface area contributed by atoms with E-state index in [0.717, 1.165) is 6.92 Å². The Morgan fingerprint density at radius 1 is 0.500 bits per heavy atom. The lowest BCUT2D eigenvalue weighted by Crippen LogP contribution is -2.62. The lowest BCUT2D eigenvalue weighted by atomic mass is 10.00. The molecular formula is C47H73N13O20. The molecule has 0 spiro atoms. The zero-order valence-corrected chi connectivity index (χ0v) is 44.0. The number of rotatable bonds is 38. The van der Waals surface area contributed by atoms with Crippen LogP contribution in [0.2, 0.25) is 0 Å². The van der Waals surface area contributed by atoms with Crippen LogP contribution in [0.4, 0.5) is 0 Å². The summed E-state index contributed by atoms with van der Waals surface area (Å²) in [5, 5.41) is 98.1. The van der Waals surface area contributed by atoms with E-state index in [-0.39, 0.29) is 25.8 Å². The van der Waals surface area contributed by atoms with E-state index in [4.69, 9.17) is 16.9 Å². The minimum atomic E-state index is -2.07. The van der Waals surface area contributed by atoms with Gasteiger partial charge in [0.05, 0.1) is 25.9 Å². The normalized spacial score (nSPS) is 14.7. The summed E-state index contributed by atoms with van der Waals surface area (Å²) >= 11 is 0. The molecule has 0 saturated carbocycles. The van der Waals surface area contributed by atoms with Crippen molar-refractivity contribution in [1.29, 1.82) is 5.41 Å². The van der Waals surface area contributed by atoms with Crippen LogP contribution in [0.1, 0.15) is 77.7 Å². The Hall–Kier alpha value is -8.56. The molecule has 33 heteroatoms. The van der Waals surface area contributed by atoms with Crippen molar-refractivity contribution < 1.29 is 98.1 Å². The third kappa shape index (κ3) is 26.2. The number of aliphatic hydroxyl groups is 3. The lowest BCUT2D eigenvalue weighted by molar-refractivity contribution is -0.143. The minimum absolute atomic E-state index is 0.0497. The average molecular weight is 1140 g/mol. The number of hydrogen-bond acceptors (Lipinski definition) is 18. The fraction of sp³-hybridized carbons (Fsp3) is 0.574. The third-order valence-corrected chi connectivity index (χ3v) is 11.5. The van der Waals surface area contributed by atoms with E-state index in [1.165, 1.54) is 13.8 Å². The number of nitrogens with one attached hydrogen (secondary N) is 11. The fourth-order valence-corrected chi connectivity index (χ4v) is 7.16. The molecule has 0 heterocycles. The molecule has 80 heavy (non-hydrogen) atoms. The topological polar surface area (TPSA) is 560 Å². The first kappa shape index (κ1) is 69.5. The summed E-state index contributed by atoms with van der Waals surface area (Å²) in [5.74, 6) is -17.5. The molecule has 0 aliphatic rings. The number of amides is 9. The van der Waals surface area contributed by atoms with E-state index in [2.05, 4.69) is 53.2 Å². The average Bonchev–Trinajstić information content (AvgIpc) is 3.38. The predicted octanol–water partition coefficient (Wildman–Crippen LogP) is -7.49. The number of hydrogen-bond donors (Lipinski definition) is 20. The molecule has 1 aromatic carbocycles. The number of benzene rings is 1. The van der Waals surface area contributed by atoms with E-state index >= 15 is 0 Å². The molecule has 0 aliphatic carbocycles. The van der Waals surface area contributed by atoms with Crippen LogP contribution in [0.5, 0.6) is 0 Å². The number of nitrogens with two attached hydrogens (primary N) is 2. The van der Waals surface area contributed by atoms with E-state index < -0.39 is 208 Å². The van der Waals surface area contributed by atoms with Gasteiger partial charge in [-0.05, 0) is 50.5 Å². The van der Waals surface area contributed by atoms with Gasteiger partial charge in [-0.15, -0.1) is 0 Å². The smallest absolute Gasteiger partial charge is 0.326 e. The van der Waals surface area contributed by atoms with Gasteiger partial charge in [0.25, 0.3) is 0 Å². The standard InChI is InChI=1S/C47H73N13O20/c1-22(2)36(59-41(74)29(18-24-8-5-4-6-9-24)56-38(71)25(11-14-33(65)66)52-32(64)19-48)44(77)58-31(21-62)42(75)53-27(13-16-35(69)70)40(73)60-37(23(3)63)45(78)54-26(12-15-34(67)68)39(72)57-30(20-61)43(76)55-28(46(79)80)10-7-17-51-47(49)50/h4-6,8-9,22-23,25-31,36-37,61-63H,7,10-21,48H2,1-3H3,(H,52,64)(H,53,75)(H,54,78)(H,55,76)(H,56,71)(H,57,72)(H,58,77)(H,59,74)(H,60,73)(H,65,66)(H,67,68)(H,69,70)(H,79,80)(H4,49,50,51)/t23-,25+,26+,27+,28+,29+,30+,31+,36+,37+/m1/s1. The molecule has 446 valence electrons. The second kappa shape index (κ2) is 35.8. The summed E-state index contributed by atoms with van der Waals surface area (Å²) in [6.07, 6.45) is -6.23. The zero-order chi connectivity index (χ0) is 60.8. The van der Waals surface area contributed by atoms with Crippen molar-refractivity contribution in [2.45, 2.75) is 139 Å². The summed E-state index contributed by atoms with van der Waals surface area (Å²) < 4.78 is 0. The highest BCUT2D eigenvalue weighted by atomic mass is 16.4. The molecule has 0 fully saturated rings. The quantitative estimate of drug-likeness (QED) is 0.0166. The van der Waals surface area contributed by atoms with Crippen LogP contribution in [0.3, 0.4) is 0 Å². The van der Waals surface area contributed by atoms with E-state index in [1.807, 2.05) is 0 Å². The Morgan fingerprint density at radius 3 is 1.30 bits per heavy atom. The Labute approximate surface area is 457 Å². The molecule has 1 rings (SSSR count). The second-order valence-electron chi connectivity index (χ2n) is 18.3.